The van der Waals surface area contributed by atoms with E-state index in [1.54, 1.807) is 25.3 Å². The number of hydrogen-bond acceptors (Lipinski definition) is 9. The van der Waals surface area contributed by atoms with Crippen molar-refractivity contribution in [1.29, 1.82) is 0 Å². The number of nitrogens with one attached hydrogen (secondary N) is 1. The average Bonchev–Trinajstić information content (AvgIpc) is 3.11. The normalized spacial score (nSPS) is 13.6. The predicted octanol–water partition coefficient (Wildman–Crippen LogP) is 3.00. The Hall–Kier alpha value is -2.82. The number of anilines is 1. The van der Waals surface area contributed by atoms with Crippen LogP contribution in [-0.4, -0.2) is 52.5 Å². The Labute approximate surface area is 175 Å². The Morgan fingerprint density at radius 1 is 1.34 bits per heavy atom. The van der Waals surface area contributed by atoms with Gasteiger partial charge in [0.25, 0.3) is 11.1 Å². The van der Waals surface area contributed by atoms with Gasteiger partial charge in [-0.2, -0.15) is 0 Å². The summed E-state index contributed by atoms with van der Waals surface area (Å²) >= 11 is 7.18. The van der Waals surface area contributed by atoms with Crippen LogP contribution in [0.5, 0.6) is 10.9 Å². The second-order valence-electron chi connectivity index (χ2n) is 6.14. The molecule has 3 aromatic rings. The van der Waals surface area contributed by atoms with Crippen molar-refractivity contribution in [3.05, 3.63) is 40.9 Å². The molecule has 1 N–H and O–H groups in total. The predicted molar refractivity (Wildman–Crippen MR) is 107 cm³/mol. The van der Waals surface area contributed by atoms with Gasteiger partial charge in [-0.1, -0.05) is 16.7 Å². The lowest BCUT2D eigenvalue weighted by Crippen LogP contribution is -2.38. The van der Waals surface area contributed by atoms with E-state index in [0.29, 0.717) is 56.8 Å². The number of rotatable bonds is 6. The summed E-state index contributed by atoms with van der Waals surface area (Å²) in [7, 11) is 1.52. The van der Waals surface area contributed by atoms with Gasteiger partial charge in [0.05, 0.1) is 31.6 Å². The number of ether oxygens (including phenoxy) is 3. The molecule has 0 bridgehead atoms. The first-order valence-electron chi connectivity index (χ1n) is 8.60. The molecular weight excluding hydrogens is 418 g/mol. The zero-order valence-electron chi connectivity index (χ0n) is 15.5. The lowest BCUT2D eigenvalue weighted by atomic mass is 9.99. The molecule has 1 aliphatic heterocycles. The number of aryl methyl sites for hydroxylation is 1. The molecule has 0 unspecified atom stereocenters. The molecule has 1 amide bonds. The van der Waals surface area contributed by atoms with Crippen molar-refractivity contribution in [2.24, 2.45) is 0 Å². The van der Waals surface area contributed by atoms with Gasteiger partial charge in [-0.05, 0) is 36.0 Å². The Morgan fingerprint density at radius 2 is 2.17 bits per heavy atom. The van der Waals surface area contributed by atoms with Crippen molar-refractivity contribution < 1.29 is 19.0 Å². The molecule has 29 heavy (non-hydrogen) atoms. The van der Waals surface area contributed by atoms with E-state index in [-0.39, 0.29) is 6.10 Å². The first-order valence-corrected chi connectivity index (χ1v) is 9.79. The van der Waals surface area contributed by atoms with Gasteiger partial charge in [-0.3, -0.25) is 15.1 Å². The molecule has 0 aliphatic carbocycles. The Balaban J connectivity index is 1.64. The first-order chi connectivity index (χ1) is 14.0. The van der Waals surface area contributed by atoms with Gasteiger partial charge in [-0.15, -0.1) is 5.10 Å². The topological polar surface area (TPSA) is 108 Å². The summed E-state index contributed by atoms with van der Waals surface area (Å²) in [4.78, 5) is 21.3. The highest BCUT2D eigenvalue weighted by Crippen LogP contribution is 2.36. The van der Waals surface area contributed by atoms with Gasteiger partial charge in [0.15, 0.2) is 0 Å². The molecule has 1 saturated heterocycles. The van der Waals surface area contributed by atoms with E-state index in [1.165, 1.54) is 13.3 Å². The summed E-state index contributed by atoms with van der Waals surface area (Å²) in [5.41, 5.74) is 2.19. The van der Waals surface area contributed by atoms with E-state index in [4.69, 9.17) is 25.8 Å². The third-order valence-electron chi connectivity index (χ3n) is 4.18. The Morgan fingerprint density at radius 3 is 2.86 bits per heavy atom. The fraction of sp³-hybridized carbons (Fsp3) is 0.278. The van der Waals surface area contributed by atoms with Crippen LogP contribution in [0, 0.1) is 6.92 Å². The minimum atomic E-state index is -0.409. The van der Waals surface area contributed by atoms with Crippen LogP contribution < -0.4 is 14.8 Å². The number of nitrogens with zero attached hydrogens (tertiary/aromatic N) is 4. The minimum absolute atomic E-state index is 0.0277. The van der Waals surface area contributed by atoms with Gasteiger partial charge in [0, 0.05) is 18.0 Å². The van der Waals surface area contributed by atoms with Crippen LogP contribution in [0.2, 0.25) is 5.15 Å². The Kier molecular flexibility index (Phi) is 5.56. The van der Waals surface area contributed by atoms with Crippen LogP contribution in [0.3, 0.4) is 0 Å². The number of aromatic nitrogens is 4. The first kappa shape index (κ1) is 19.5. The van der Waals surface area contributed by atoms with Gasteiger partial charge >= 0.3 is 0 Å². The SMILES string of the molecule is COc1c(C)ncc(C(=O)Nc2nnc(OC3COC3)s2)c1-c1ccnc(Cl)c1. The maximum atomic E-state index is 13.0. The van der Waals surface area contributed by atoms with Crippen LogP contribution in [0.4, 0.5) is 5.13 Å². The number of halogens is 1. The summed E-state index contributed by atoms with van der Waals surface area (Å²) in [5.74, 6) is 0.0691. The molecule has 1 fully saturated rings. The number of pyridine rings is 2. The van der Waals surface area contributed by atoms with Crippen molar-refractivity contribution in [2.75, 3.05) is 25.6 Å². The van der Waals surface area contributed by atoms with Gasteiger partial charge in [0.2, 0.25) is 5.13 Å². The van der Waals surface area contributed by atoms with Crippen LogP contribution in [0.1, 0.15) is 16.1 Å². The van der Waals surface area contributed by atoms with Crippen molar-refractivity contribution in [3.63, 3.8) is 0 Å². The summed E-state index contributed by atoms with van der Waals surface area (Å²) in [6.07, 6.45) is 3.02. The number of methoxy groups -OCH3 is 1. The number of hydrogen-bond donors (Lipinski definition) is 1. The lowest BCUT2D eigenvalue weighted by molar-refractivity contribution is -0.0799. The standard InChI is InChI=1S/C18H16ClN5O4S/c1-9-15(26-2)14(10-3-4-20-13(19)5-10)12(6-21-9)16(25)22-17-23-24-18(29-17)28-11-7-27-8-11/h3-6,11H,7-8H2,1-2H3,(H,22,23,25). The maximum Gasteiger partial charge on any atom is 0.296 e. The molecule has 11 heteroatoms. The summed E-state index contributed by atoms with van der Waals surface area (Å²) in [6, 6.07) is 3.41. The van der Waals surface area contributed by atoms with E-state index in [2.05, 4.69) is 25.5 Å². The zero-order chi connectivity index (χ0) is 20.4. The third-order valence-corrected chi connectivity index (χ3v) is 5.11. The smallest absolute Gasteiger partial charge is 0.296 e. The Bertz CT molecular complexity index is 1060. The largest absolute Gasteiger partial charge is 0.494 e. The molecule has 1 aliphatic rings. The van der Waals surface area contributed by atoms with Gasteiger partial charge in [-0.25, -0.2) is 4.98 Å². The number of amides is 1. The molecule has 0 aromatic carbocycles. The van der Waals surface area contributed by atoms with Crippen LogP contribution in [0.25, 0.3) is 11.1 Å². The number of carbonyl (C=O) groups is 1. The highest BCUT2D eigenvalue weighted by atomic mass is 35.5. The molecule has 0 spiro atoms. The number of carbonyl (C=O) groups excluding carboxylic acids is 1. The zero-order valence-corrected chi connectivity index (χ0v) is 17.1. The van der Waals surface area contributed by atoms with E-state index >= 15 is 0 Å². The van der Waals surface area contributed by atoms with Crippen LogP contribution >= 0.6 is 22.9 Å². The minimum Gasteiger partial charge on any atom is -0.494 e. The highest BCUT2D eigenvalue weighted by molar-refractivity contribution is 7.17. The lowest BCUT2D eigenvalue weighted by Gasteiger charge is -2.24. The molecule has 4 rings (SSSR count). The second kappa shape index (κ2) is 8.27. The molecule has 9 nitrogen and oxygen atoms in total. The van der Waals surface area contributed by atoms with E-state index in [1.807, 2.05) is 0 Å². The average molecular weight is 434 g/mol. The quantitative estimate of drug-likeness (QED) is 0.591. The molecule has 0 atom stereocenters. The molecule has 150 valence electrons. The van der Waals surface area contributed by atoms with Gasteiger partial charge in [0.1, 0.15) is 17.0 Å². The van der Waals surface area contributed by atoms with E-state index in [9.17, 15) is 4.79 Å². The summed E-state index contributed by atoms with van der Waals surface area (Å²) < 4.78 is 16.2. The third kappa shape index (κ3) is 4.14. The van der Waals surface area contributed by atoms with Crippen molar-refractivity contribution >= 4 is 34.0 Å². The maximum absolute atomic E-state index is 13.0. The van der Waals surface area contributed by atoms with Crippen molar-refractivity contribution in [3.8, 4) is 22.1 Å². The summed E-state index contributed by atoms with van der Waals surface area (Å²) in [6.45, 7) is 2.84. The van der Waals surface area contributed by atoms with E-state index < -0.39 is 5.91 Å². The molecule has 0 saturated carbocycles. The van der Waals surface area contributed by atoms with E-state index in [0.717, 1.165) is 11.3 Å². The molecule has 4 heterocycles. The second-order valence-corrected chi connectivity index (χ2v) is 7.46. The fourth-order valence-corrected chi connectivity index (χ4v) is 3.58. The van der Waals surface area contributed by atoms with Crippen LogP contribution in [-0.2, 0) is 4.74 Å². The van der Waals surface area contributed by atoms with Gasteiger partial charge < -0.3 is 14.2 Å². The molecule has 0 radical (unpaired) electrons. The molecular formula is C18H16ClN5O4S. The monoisotopic (exact) mass is 433 g/mol. The fourth-order valence-electron chi connectivity index (χ4n) is 2.75. The molecule has 3 aromatic heterocycles. The highest BCUT2D eigenvalue weighted by Gasteiger charge is 2.24. The van der Waals surface area contributed by atoms with Crippen molar-refractivity contribution in [2.45, 2.75) is 13.0 Å². The van der Waals surface area contributed by atoms with Crippen molar-refractivity contribution in [1.82, 2.24) is 20.2 Å². The summed E-state index contributed by atoms with van der Waals surface area (Å²) in [5, 5.41) is 11.6. The van der Waals surface area contributed by atoms with Crippen LogP contribution in [0.15, 0.2) is 24.5 Å².